The van der Waals surface area contributed by atoms with Gasteiger partial charge in [0.25, 0.3) is 0 Å². The van der Waals surface area contributed by atoms with Crippen molar-refractivity contribution in [3.05, 3.63) is 58.0 Å². The zero-order chi connectivity index (χ0) is 15.7. The van der Waals surface area contributed by atoms with Crippen LogP contribution in [0.3, 0.4) is 0 Å². The Bertz CT molecular complexity index is 670. The maximum Gasteiger partial charge on any atom is 0.386 e. The fourth-order valence-corrected chi connectivity index (χ4v) is 3.09. The highest BCUT2D eigenvalue weighted by molar-refractivity contribution is 5.28. The Morgan fingerprint density at radius 2 is 2.09 bits per heavy atom. The van der Waals surface area contributed by atoms with Gasteiger partial charge in [-0.25, -0.2) is 0 Å². The number of nitrogens with zero attached hydrogens (tertiary/aromatic N) is 4. The van der Waals surface area contributed by atoms with E-state index in [1.54, 1.807) is 11.6 Å². The summed E-state index contributed by atoms with van der Waals surface area (Å²) in [7, 11) is 1.78. The van der Waals surface area contributed by atoms with Gasteiger partial charge >= 0.3 is 5.82 Å². The van der Waals surface area contributed by atoms with Crippen LogP contribution in [0.15, 0.2) is 36.7 Å². The third-order valence-electron chi connectivity index (χ3n) is 4.25. The second-order valence-corrected chi connectivity index (χ2v) is 5.76. The van der Waals surface area contributed by atoms with E-state index in [4.69, 9.17) is 5.73 Å². The van der Waals surface area contributed by atoms with Gasteiger partial charge in [0.2, 0.25) is 6.33 Å². The number of imidazole rings is 1. The van der Waals surface area contributed by atoms with Crippen LogP contribution in [0.1, 0.15) is 17.2 Å². The molecule has 1 aromatic heterocycles. The lowest BCUT2D eigenvalue weighted by Gasteiger charge is -2.15. The molecule has 0 aliphatic carbocycles. The third kappa shape index (κ3) is 2.72. The lowest BCUT2D eigenvalue weighted by Crippen LogP contribution is -2.29. The molecule has 0 saturated carbocycles. The number of aromatic nitrogens is 2. The molecule has 0 radical (unpaired) electrons. The van der Waals surface area contributed by atoms with E-state index in [2.05, 4.69) is 22.0 Å². The quantitative estimate of drug-likeness (QED) is 0.678. The molecule has 1 aromatic carbocycles. The van der Waals surface area contributed by atoms with Crippen LogP contribution in [-0.4, -0.2) is 38.5 Å². The first kappa shape index (κ1) is 14.7. The molecule has 3 rings (SSSR count). The predicted molar refractivity (Wildman–Crippen MR) is 82.3 cm³/mol. The molecule has 1 aliphatic heterocycles. The van der Waals surface area contributed by atoms with Gasteiger partial charge in [0.15, 0.2) is 0 Å². The van der Waals surface area contributed by atoms with Crippen molar-refractivity contribution in [1.82, 2.24) is 14.5 Å². The highest BCUT2D eigenvalue weighted by atomic mass is 16.6. The molecule has 2 aromatic rings. The summed E-state index contributed by atoms with van der Waals surface area (Å²) < 4.78 is 1.71. The van der Waals surface area contributed by atoms with Crippen LogP contribution in [-0.2, 0) is 13.6 Å². The van der Waals surface area contributed by atoms with Crippen molar-refractivity contribution < 1.29 is 4.92 Å². The molecule has 2 heterocycles. The third-order valence-corrected chi connectivity index (χ3v) is 4.25. The molecule has 1 fully saturated rings. The zero-order valence-electron chi connectivity index (χ0n) is 12.4. The normalized spacial score (nSPS) is 22.1. The highest BCUT2D eigenvalue weighted by Gasteiger charge is 2.33. The summed E-state index contributed by atoms with van der Waals surface area (Å²) in [5, 5.41) is 11.0. The SMILES string of the molecule is Cn1cnc([N+](=O)[O-])c1CN1C[C@@H](N)[C@H](c2ccccc2)C1. The van der Waals surface area contributed by atoms with Gasteiger partial charge in [0, 0.05) is 38.6 Å². The highest BCUT2D eigenvalue weighted by Crippen LogP contribution is 2.28. The average molecular weight is 301 g/mol. The van der Waals surface area contributed by atoms with Crippen LogP contribution in [0.25, 0.3) is 0 Å². The smallest absolute Gasteiger partial charge is 0.358 e. The second-order valence-electron chi connectivity index (χ2n) is 5.76. The predicted octanol–water partition coefficient (Wildman–Crippen LogP) is 1.25. The summed E-state index contributed by atoms with van der Waals surface area (Å²) >= 11 is 0. The van der Waals surface area contributed by atoms with Crippen LogP contribution >= 0.6 is 0 Å². The van der Waals surface area contributed by atoms with Crippen molar-refractivity contribution in [2.45, 2.75) is 18.5 Å². The molecule has 1 saturated heterocycles. The molecule has 22 heavy (non-hydrogen) atoms. The Labute approximate surface area is 128 Å². The summed E-state index contributed by atoms with van der Waals surface area (Å²) in [6.45, 7) is 2.01. The Morgan fingerprint density at radius 3 is 2.77 bits per heavy atom. The van der Waals surface area contributed by atoms with Crippen LogP contribution in [0.2, 0.25) is 0 Å². The number of hydrogen-bond acceptors (Lipinski definition) is 5. The molecule has 0 unspecified atom stereocenters. The van der Waals surface area contributed by atoms with Gasteiger partial charge in [-0.2, -0.15) is 0 Å². The molecule has 2 atom stereocenters. The average Bonchev–Trinajstić information content (AvgIpc) is 3.04. The number of aryl methyl sites for hydroxylation is 1. The molecule has 2 N–H and O–H groups in total. The lowest BCUT2D eigenvalue weighted by atomic mass is 9.95. The van der Waals surface area contributed by atoms with E-state index in [1.165, 1.54) is 11.9 Å². The summed E-state index contributed by atoms with van der Waals surface area (Å²) in [6, 6.07) is 10.2. The first-order chi connectivity index (χ1) is 10.6. The van der Waals surface area contributed by atoms with Crippen LogP contribution in [0.5, 0.6) is 0 Å². The van der Waals surface area contributed by atoms with Gasteiger partial charge in [0.05, 0.1) is 0 Å². The van der Waals surface area contributed by atoms with Crippen molar-refractivity contribution in [2.75, 3.05) is 13.1 Å². The van der Waals surface area contributed by atoms with E-state index in [0.717, 1.165) is 13.1 Å². The van der Waals surface area contributed by atoms with Gasteiger partial charge in [-0.05, 0) is 15.5 Å². The maximum atomic E-state index is 11.0. The van der Waals surface area contributed by atoms with Gasteiger partial charge in [0.1, 0.15) is 5.69 Å². The number of nitro groups is 1. The molecule has 7 nitrogen and oxygen atoms in total. The molecule has 7 heteroatoms. The van der Waals surface area contributed by atoms with E-state index in [-0.39, 0.29) is 17.8 Å². The van der Waals surface area contributed by atoms with Gasteiger partial charge in [-0.15, -0.1) is 0 Å². The van der Waals surface area contributed by atoms with Gasteiger partial charge in [-0.1, -0.05) is 30.3 Å². The summed E-state index contributed by atoms with van der Waals surface area (Å²) in [4.78, 5) is 16.6. The molecule has 0 amide bonds. The summed E-state index contributed by atoms with van der Waals surface area (Å²) in [6.07, 6.45) is 1.48. The maximum absolute atomic E-state index is 11.0. The van der Waals surface area contributed by atoms with Crippen molar-refractivity contribution in [2.24, 2.45) is 12.8 Å². The van der Waals surface area contributed by atoms with Gasteiger partial charge < -0.3 is 20.4 Å². The Balaban J connectivity index is 1.76. The van der Waals surface area contributed by atoms with Crippen molar-refractivity contribution >= 4 is 5.82 Å². The van der Waals surface area contributed by atoms with Crippen LogP contribution in [0.4, 0.5) is 5.82 Å². The van der Waals surface area contributed by atoms with Crippen molar-refractivity contribution in [3.63, 3.8) is 0 Å². The molecular weight excluding hydrogens is 282 g/mol. The van der Waals surface area contributed by atoms with Crippen molar-refractivity contribution in [1.29, 1.82) is 0 Å². The monoisotopic (exact) mass is 301 g/mol. The zero-order valence-corrected chi connectivity index (χ0v) is 12.4. The second kappa shape index (κ2) is 5.86. The Kier molecular flexibility index (Phi) is 3.91. The fraction of sp³-hybridized carbons (Fsp3) is 0.400. The number of nitrogens with two attached hydrogens (primary N) is 1. The van der Waals surface area contributed by atoms with E-state index in [9.17, 15) is 10.1 Å². The standard InChI is InChI=1S/C15H19N5O2/c1-18-10-17-15(20(21)22)14(18)9-19-7-12(13(16)8-19)11-5-3-2-4-6-11/h2-6,10,12-13H,7-9,16H2,1H3/t12-,13+/m0/s1. The molecular formula is C15H19N5O2. The van der Waals surface area contributed by atoms with E-state index < -0.39 is 4.92 Å². The molecule has 1 aliphatic rings. The minimum absolute atomic E-state index is 0.0367. The fourth-order valence-electron chi connectivity index (χ4n) is 3.09. The minimum atomic E-state index is -0.431. The molecule has 0 spiro atoms. The largest absolute Gasteiger partial charge is 0.386 e. The topological polar surface area (TPSA) is 90.2 Å². The first-order valence-electron chi connectivity index (χ1n) is 7.23. The van der Waals surface area contributed by atoms with Crippen LogP contribution in [0, 0.1) is 10.1 Å². The minimum Gasteiger partial charge on any atom is -0.358 e. The van der Waals surface area contributed by atoms with Crippen LogP contribution < -0.4 is 5.73 Å². The van der Waals surface area contributed by atoms with Crippen molar-refractivity contribution in [3.8, 4) is 0 Å². The number of likely N-dealkylation sites (tertiary alicyclic amines) is 1. The van der Waals surface area contributed by atoms with E-state index in [0.29, 0.717) is 12.2 Å². The summed E-state index contributed by atoms with van der Waals surface area (Å²) in [5.41, 5.74) is 8.10. The molecule has 0 bridgehead atoms. The number of benzene rings is 1. The van der Waals surface area contributed by atoms with Gasteiger partial charge in [-0.3, -0.25) is 4.90 Å². The van der Waals surface area contributed by atoms with E-state index >= 15 is 0 Å². The first-order valence-corrected chi connectivity index (χ1v) is 7.23. The molecule has 116 valence electrons. The lowest BCUT2D eigenvalue weighted by molar-refractivity contribution is -0.390. The van der Waals surface area contributed by atoms with E-state index in [1.807, 2.05) is 18.2 Å². The number of hydrogen-bond donors (Lipinski definition) is 1. The summed E-state index contributed by atoms with van der Waals surface area (Å²) in [5.74, 6) is 0.188. The Hall–Kier alpha value is -2.25. The number of rotatable bonds is 4. The Morgan fingerprint density at radius 1 is 1.36 bits per heavy atom.